The molecule has 0 radical (unpaired) electrons. The summed E-state index contributed by atoms with van der Waals surface area (Å²) in [6.07, 6.45) is 3.49. The van der Waals surface area contributed by atoms with Crippen molar-refractivity contribution in [3.63, 3.8) is 0 Å². The molecule has 0 amide bonds. The van der Waals surface area contributed by atoms with Gasteiger partial charge in [0.1, 0.15) is 5.65 Å². The van der Waals surface area contributed by atoms with Crippen molar-refractivity contribution in [1.82, 2.24) is 9.38 Å². The van der Waals surface area contributed by atoms with Gasteiger partial charge >= 0.3 is 0 Å². The lowest BCUT2D eigenvalue weighted by Crippen LogP contribution is -2.07. The Morgan fingerprint density at radius 1 is 1.50 bits per heavy atom. The lowest BCUT2D eigenvalue weighted by molar-refractivity contribution is 1.18. The molecule has 0 saturated carbocycles. The van der Waals surface area contributed by atoms with Crippen molar-refractivity contribution in [2.24, 2.45) is 0 Å². The fourth-order valence-corrected chi connectivity index (χ4v) is 1.22. The van der Waals surface area contributed by atoms with Gasteiger partial charge in [0.25, 0.3) is 0 Å². The third kappa shape index (κ3) is 0.887. The summed E-state index contributed by atoms with van der Waals surface area (Å²) >= 11 is 0. The van der Waals surface area contributed by atoms with E-state index in [9.17, 15) is 4.79 Å². The summed E-state index contributed by atoms with van der Waals surface area (Å²) in [6.45, 7) is 1.92. The maximum absolute atomic E-state index is 11.1. The van der Waals surface area contributed by atoms with Crippen LogP contribution in [-0.4, -0.2) is 9.38 Å². The monoisotopic (exact) mass is 163 g/mol. The molecule has 0 aliphatic carbocycles. The highest BCUT2D eigenvalue weighted by molar-refractivity contribution is 5.47. The fourth-order valence-electron chi connectivity index (χ4n) is 1.22. The van der Waals surface area contributed by atoms with Crippen molar-refractivity contribution in [2.45, 2.75) is 6.92 Å². The van der Waals surface area contributed by atoms with Crippen LogP contribution in [0.15, 0.2) is 23.3 Å². The van der Waals surface area contributed by atoms with Crippen LogP contribution in [0.25, 0.3) is 5.65 Å². The Balaban J connectivity index is 2.92. The molecule has 0 unspecified atom stereocenters. The Labute approximate surface area is 68.6 Å². The molecule has 0 fully saturated rings. The van der Waals surface area contributed by atoms with Gasteiger partial charge in [0.2, 0.25) is 5.43 Å². The van der Waals surface area contributed by atoms with Gasteiger partial charge in [-0.1, -0.05) is 0 Å². The maximum atomic E-state index is 11.1. The van der Waals surface area contributed by atoms with Crippen LogP contribution in [0.2, 0.25) is 0 Å². The molecule has 2 aromatic heterocycles. The molecule has 4 heteroatoms. The number of H-pyrrole nitrogens is 1. The van der Waals surface area contributed by atoms with Crippen molar-refractivity contribution in [1.29, 1.82) is 0 Å². The van der Waals surface area contributed by atoms with E-state index in [1.807, 2.05) is 13.1 Å². The van der Waals surface area contributed by atoms with Gasteiger partial charge < -0.3 is 15.1 Å². The molecule has 62 valence electrons. The van der Waals surface area contributed by atoms with E-state index in [0.717, 1.165) is 11.3 Å². The molecule has 0 aliphatic heterocycles. The summed E-state index contributed by atoms with van der Waals surface area (Å²) in [5, 5.41) is 0. The topological polar surface area (TPSA) is 63.3 Å². The first-order valence-electron chi connectivity index (χ1n) is 3.64. The first-order chi connectivity index (χ1) is 5.66. The van der Waals surface area contributed by atoms with Gasteiger partial charge in [-0.2, -0.15) is 0 Å². The number of imidazole rings is 1. The molecular weight excluding hydrogens is 154 g/mol. The van der Waals surface area contributed by atoms with Crippen LogP contribution >= 0.6 is 0 Å². The zero-order valence-electron chi connectivity index (χ0n) is 6.66. The molecule has 0 atom stereocenters. The molecule has 0 bridgehead atoms. The first kappa shape index (κ1) is 6.97. The summed E-state index contributed by atoms with van der Waals surface area (Å²) in [7, 11) is 0. The van der Waals surface area contributed by atoms with Crippen LogP contribution in [0.5, 0.6) is 0 Å². The molecule has 4 nitrogen and oxygen atoms in total. The fraction of sp³-hybridized carbons (Fsp3) is 0.125. The quantitative estimate of drug-likeness (QED) is 0.594. The van der Waals surface area contributed by atoms with E-state index in [1.165, 1.54) is 6.07 Å². The van der Waals surface area contributed by atoms with E-state index in [2.05, 4.69) is 4.98 Å². The van der Waals surface area contributed by atoms with E-state index >= 15 is 0 Å². The van der Waals surface area contributed by atoms with Crippen LogP contribution in [0.4, 0.5) is 5.69 Å². The van der Waals surface area contributed by atoms with Crippen molar-refractivity contribution >= 4 is 11.3 Å². The van der Waals surface area contributed by atoms with Gasteiger partial charge in [0.15, 0.2) is 0 Å². The van der Waals surface area contributed by atoms with Crippen molar-refractivity contribution in [3.05, 3.63) is 34.4 Å². The Morgan fingerprint density at radius 2 is 2.25 bits per heavy atom. The second-order valence-electron chi connectivity index (χ2n) is 2.82. The summed E-state index contributed by atoms with van der Waals surface area (Å²) in [6, 6.07) is 1.49. The van der Waals surface area contributed by atoms with Crippen molar-refractivity contribution < 1.29 is 0 Å². The van der Waals surface area contributed by atoms with Gasteiger partial charge in [-0.05, 0) is 6.92 Å². The molecular formula is C8H9N3O. The molecule has 3 N–H and O–H groups in total. The number of aromatic amines is 1. The van der Waals surface area contributed by atoms with Crippen LogP contribution in [0, 0.1) is 6.92 Å². The Bertz CT molecular complexity index is 480. The zero-order chi connectivity index (χ0) is 8.72. The van der Waals surface area contributed by atoms with Gasteiger partial charge in [-0.3, -0.25) is 4.79 Å². The number of hydrogen-bond donors (Lipinski definition) is 2. The molecule has 0 aliphatic rings. The summed E-state index contributed by atoms with van der Waals surface area (Å²) in [5.41, 5.74) is 7.35. The molecule has 0 saturated heterocycles. The predicted octanol–water partition coefficient (Wildman–Crippen LogP) is 0.518. The lowest BCUT2D eigenvalue weighted by Gasteiger charge is -1.93. The second-order valence-corrected chi connectivity index (χ2v) is 2.82. The number of hydrogen-bond acceptors (Lipinski definition) is 2. The zero-order valence-corrected chi connectivity index (χ0v) is 6.66. The Hall–Kier alpha value is -1.71. The summed E-state index contributed by atoms with van der Waals surface area (Å²) in [4.78, 5) is 14.1. The van der Waals surface area contributed by atoms with Crippen molar-refractivity contribution in [2.75, 3.05) is 5.73 Å². The van der Waals surface area contributed by atoms with Gasteiger partial charge in [0.05, 0.1) is 5.69 Å². The van der Waals surface area contributed by atoms with Crippen LogP contribution in [0.1, 0.15) is 5.69 Å². The van der Waals surface area contributed by atoms with Crippen LogP contribution in [-0.2, 0) is 0 Å². The van der Waals surface area contributed by atoms with Crippen molar-refractivity contribution in [3.8, 4) is 0 Å². The average molecular weight is 163 g/mol. The average Bonchev–Trinajstić information content (AvgIpc) is 2.30. The van der Waals surface area contributed by atoms with Gasteiger partial charge in [0, 0.05) is 24.2 Å². The standard InChI is InChI=1S/C8H9N3O/c1-5-3-11-4-6(9)7(12)2-8(11)10-5/h2-4,10H,9H2,1H3. The predicted molar refractivity (Wildman–Crippen MR) is 47.2 cm³/mol. The summed E-state index contributed by atoms with van der Waals surface area (Å²) in [5.74, 6) is 0. The first-order valence-corrected chi connectivity index (χ1v) is 3.64. The highest BCUT2D eigenvalue weighted by Crippen LogP contribution is 2.03. The number of nitrogens with zero attached hydrogens (tertiary/aromatic N) is 1. The van der Waals surface area contributed by atoms with Gasteiger partial charge in [-0.25, -0.2) is 0 Å². The molecule has 12 heavy (non-hydrogen) atoms. The van der Waals surface area contributed by atoms with E-state index in [4.69, 9.17) is 5.73 Å². The summed E-state index contributed by atoms with van der Waals surface area (Å²) < 4.78 is 1.80. The molecule has 0 spiro atoms. The minimum atomic E-state index is -0.142. The van der Waals surface area contributed by atoms with E-state index in [0.29, 0.717) is 0 Å². The number of aromatic nitrogens is 2. The third-order valence-corrected chi connectivity index (χ3v) is 1.77. The SMILES string of the molecule is Cc1cn2cc(N)c(=O)cc2[nH]1. The molecule has 2 heterocycles. The normalized spacial score (nSPS) is 10.8. The van der Waals surface area contributed by atoms with Crippen LogP contribution < -0.4 is 11.2 Å². The number of nitrogens with two attached hydrogens (primary N) is 1. The Kier molecular flexibility index (Phi) is 1.24. The minimum absolute atomic E-state index is 0.142. The van der Waals surface area contributed by atoms with E-state index in [1.54, 1.807) is 10.6 Å². The Morgan fingerprint density at radius 3 is 3.00 bits per heavy atom. The second kappa shape index (κ2) is 2.14. The van der Waals surface area contributed by atoms with Gasteiger partial charge in [-0.15, -0.1) is 0 Å². The maximum Gasteiger partial charge on any atom is 0.206 e. The number of aryl methyl sites for hydroxylation is 1. The largest absolute Gasteiger partial charge is 0.394 e. The molecule has 2 aromatic rings. The number of nitrogens with one attached hydrogen (secondary N) is 1. The minimum Gasteiger partial charge on any atom is -0.394 e. The van der Waals surface area contributed by atoms with E-state index < -0.39 is 0 Å². The number of pyridine rings is 1. The number of fused-ring (bicyclic) bond motifs is 1. The van der Waals surface area contributed by atoms with E-state index in [-0.39, 0.29) is 11.1 Å². The van der Waals surface area contributed by atoms with Crippen LogP contribution in [0.3, 0.4) is 0 Å². The highest BCUT2D eigenvalue weighted by Gasteiger charge is 1.98. The number of nitrogen functional groups attached to an aromatic ring is 1. The molecule has 0 aromatic carbocycles. The highest BCUT2D eigenvalue weighted by atomic mass is 16.1. The lowest BCUT2D eigenvalue weighted by atomic mass is 10.4. The smallest absolute Gasteiger partial charge is 0.206 e. The molecule has 2 rings (SSSR count). The third-order valence-electron chi connectivity index (χ3n) is 1.77. The number of anilines is 1. The number of rotatable bonds is 0.